The lowest BCUT2D eigenvalue weighted by molar-refractivity contribution is -0.112. The van der Waals surface area contributed by atoms with Crippen molar-refractivity contribution >= 4 is 34.4 Å². The number of benzene rings is 2. The number of fused-ring (bicyclic) bond motifs is 14. The number of ether oxygens (including phenoxy) is 3. The molecule has 0 aromatic heterocycles. The molecule has 0 fully saturated rings. The second-order valence-electron chi connectivity index (χ2n) is 13.2. The minimum absolute atomic E-state index is 0.00862. The SMILES string of the molecule is CO[C@H]1C=CO[C@@]2(C)Oc3c(C)c(O)c4c(O)c(c(C=O)c(O)c4c3C2=O)NC(=O)C(C)=C/C=C/[C@H](C)[C@H](O)[C@@H](C)[C@@H](O)[C@@H](C)[C@H](O)[C@@H]1C. The zero-order valence-electron chi connectivity index (χ0n) is 28.7. The summed E-state index contributed by atoms with van der Waals surface area (Å²) in [5.41, 5.74) is -1.21. The predicted octanol–water partition coefficient (Wildman–Crippen LogP) is 4.00. The third kappa shape index (κ3) is 6.51. The maximum absolute atomic E-state index is 13.9. The highest BCUT2D eigenvalue weighted by atomic mass is 16.7. The summed E-state index contributed by atoms with van der Waals surface area (Å²) in [5, 5.41) is 68.9. The van der Waals surface area contributed by atoms with E-state index in [4.69, 9.17) is 14.2 Å². The number of nitrogens with one attached hydrogen (secondary N) is 1. The number of carbonyl (C=O) groups is 3. The van der Waals surface area contributed by atoms with Crippen LogP contribution in [0.5, 0.6) is 23.0 Å². The van der Waals surface area contributed by atoms with E-state index >= 15 is 0 Å². The molecule has 5 rings (SSSR count). The van der Waals surface area contributed by atoms with Crippen molar-refractivity contribution in [1.82, 2.24) is 0 Å². The quantitative estimate of drug-likeness (QED) is 0.136. The molecule has 0 aliphatic carbocycles. The molecule has 3 aliphatic heterocycles. The molecule has 0 saturated heterocycles. The van der Waals surface area contributed by atoms with Gasteiger partial charge >= 0.3 is 5.79 Å². The number of amides is 1. The summed E-state index contributed by atoms with van der Waals surface area (Å²) in [5.74, 6) is -8.42. The second-order valence-corrected chi connectivity index (χ2v) is 13.2. The number of methoxy groups -OCH3 is 1. The Balaban J connectivity index is 1.91. The summed E-state index contributed by atoms with van der Waals surface area (Å²) in [4.78, 5) is 39.4. The van der Waals surface area contributed by atoms with Gasteiger partial charge in [0.1, 0.15) is 17.2 Å². The largest absolute Gasteiger partial charge is 0.507 e. The van der Waals surface area contributed by atoms with E-state index in [1.54, 1.807) is 33.8 Å². The molecule has 3 heterocycles. The zero-order valence-corrected chi connectivity index (χ0v) is 28.7. The van der Waals surface area contributed by atoms with Crippen molar-refractivity contribution in [2.24, 2.45) is 23.7 Å². The van der Waals surface area contributed by atoms with E-state index in [1.165, 1.54) is 46.1 Å². The number of phenols is 3. The summed E-state index contributed by atoms with van der Waals surface area (Å²) in [7, 11) is 1.41. The number of aliphatic hydroxyl groups is 3. The lowest BCUT2D eigenvalue weighted by Gasteiger charge is -2.36. The van der Waals surface area contributed by atoms with E-state index in [0.717, 1.165) is 6.26 Å². The van der Waals surface area contributed by atoms with Crippen LogP contribution in [0.3, 0.4) is 0 Å². The predicted molar refractivity (Wildman–Crippen MR) is 180 cm³/mol. The number of Topliss-reactive ketones (excluding diaryl/α,β-unsaturated/α-hetero) is 1. The molecule has 49 heavy (non-hydrogen) atoms. The normalized spacial score (nSPS) is 32.0. The first kappa shape index (κ1) is 37.4. The third-order valence-electron chi connectivity index (χ3n) is 9.89. The van der Waals surface area contributed by atoms with Gasteiger partial charge in [-0.05, 0) is 19.9 Å². The van der Waals surface area contributed by atoms with Crippen molar-refractivity contribution in [3.63, 3.8) is 0 Å². The molecule has 7 N–H and O–H groups in total. The first-order valence-electron chi connectivity index (χ1n) is 16.0. The number of aliphatic hydroxyl groups excluding tert-OH is 3. The third-order valence-corrected chi connectivity index (χ3v) is 9.89. The van der Waals surface area contributed by atoms with Crippen molar-refractivity contribution in [3.8, 4) is 23.0 Å². The smallest absolute Gasteiger partial charge is 0.312 e. The average Bonchev–Trinajstić information content (AvgIpc) is 3.34. The van der Waals surface area contributed by atoms with Crippen molar-refractivity contribution < 1.29 is 59.2 Å². The van der Waals surface area contributed by atoms with Gasteiger partial charge in [0, 0.05) is 54.2 Å². The van der Waals surface area contributed by atoms with Crippen LogP contribution in [0, 0.1) is 30.6 Å². The number of ketones is 1. The Kier molecular flexibility index (Phi) is 10.8. The first-order chi connectivity index (χ1) is 22.9. The number of aromatic hydroxyl groups is 3. The Morgan fingerprint density at radius 2 is 1.49 bits per heavy atom. The molecule has 266 valence electrons. The summed E-state index contributed by atoms with van der Waals surface area (Å²) >= 11 is 0. The molecular weight excluding hydrogens is 638 g/mol. The Morgan fingerprint density at radius 1 is 0.878 bits per heavy atom. The molecular formula is C36H45NO12. The lowest BCUT2D eigenvalue weighted by Crippen LogP contribution is -2.44. The van der Waals surface area contributed by atoms with Crippen LogP contribution in [0.25, 0.3) is 10.8 Å². The Hall–Kier alpha value is -4.43. The molecule has 3 aliphatic rings. The molecule has 5 bridgehead atoms. The highest BCUT2D eigenvalue weighted by Gasteiger charge is 2.49. The number of allylic oxidation sites excluding steroid dienone is 2. The van der Waals surface area contributed by atoms with E-state index in [1.807, 2.05) is 0 Å². The van der Waals surface area contributed by atoms with Gasteiger partial charge in [-0.3, -0.25) is 14.4 Å². The summed E-state index contributed by atoms with van der Waals surface area (Å²) in [6.45, 7) is 10.9. The maximum Gasteiger partial charge on any atom is 0.312 e. The Bertz CT molecular complexity index is 1750. The van der Waals surface area contributed by atoms with Crippen molar-refractivity contribution in [2.45, 2.75) is 78.7 Å². The molecule has 13 heteroatoms. The fourth-order valence-electron chi connectivity index (χ4n) is 6.47. The van der Waals surface area contributed by atoms with E-state index in [2.05, 4.69) is 5.32 Å². The summed E-state index contributed by atoms with van der Waals surface area (Å²) < 4.78 is 17.3. The molecule has 0 radical (unpaired) electrons. The minimum atomic E-state index is -2.05. The van der Waals surface area contributed by atoms with Crippen LogP contribution in [0.15, 0.2) is 36.1 Å². The van der Waals surface area contributed by atoms with Crippen LogP contribution < -0.4 is 10.1 Å². The minimum Gasteiger partial charge on any atom is -0.507 e. The molecule has 0 unspecified atom stereocenters. The summed E-state index contributed by atoms with van der Waals surface area (Å²) in [6.07, 6.45) is 3.34. The fraction of sp³-hybridized carbons (Fsp3) is 0.472. The first-order valence-corrected chi connectivity index (χ1v) is 16.0. The highest BCUT2D eigenvalue weighted by Crippen LogP contribution is 2.55. The van der Waals surface area contributed by atoms with Crippen LogP contribution in [-0.2, 0) is 14.3 Å². The van der Waals surface area contributed by atoms with E-state index < -0.39 is 99.5 Å². The van der Waals surface area contributed by atoms with Gasteiger partial charge in [0.2, 0.25) is 0 Å². The lowest BCUT2D eigenvalue weighted by atomic mass is 9.78. The summed E-state index contributed by atoms with van der Waals surface area (Å²) in [6, 6.07) is 0. The van der Waals surface area contributed by atoms with Crippen LogP contribution in [0.4, 0.5) is 5.69 Å². The number of carbonyl (C=O) groups excluding carboxylic acids is 3. The van der Waals surface area contributed by atoms with E-state index in [0.29, 0.717) is 0 Å². The standard InChI is InChI=1S/C36H45NO12/c1-15-10-9-11-16(2)35(46)37-26-21(14-38)31(43)23-24(32(26)44)30(42)20(6)33-25(23)34(45)36(7,49-33)48-13-12-22(47-8)17(3)28(40)19(5)29(41)18(4)27(15)39/h9-15,17-19,22,27-29,39-44H,1-8H3,(H,37,46)/b10-9+,13-12?,16-11?/t15-,17+,18+,19-,22-,27-,28+,29+,36-/m0/s1. The molecule has 0 saturated carbocycles. The molecule has 2 aromatic rings. The number of hydrogen-bond acceptors (Lipinski definition) is 12. The number of rotatable bonds is 2. The van der Waals surface area contributed by atoms with Gasteiger partial charge in [-0.1, -0.05) is 45.9 Å². The molecule has 2 aromatic carbocycles. The number of hydrogen-bond donors (Lipinski definition) is 7. The molecule has 9 atom stereocenters. The van der Waals surface area contributed by atoms with E-state index in [-0.39, 0.29) is 34.1 Å². The monoisotopic (exact) mass is 683 g/mol. The Labute approximate surface area is 284 Å². The highest BCUT2D eigenvalue weighted by molar-refractivity contribution is 6.23. The number of phenolic OH excluding ortho intramolecular Hbond substituents is 3. The number of anilines is 1. The van der Waals surface area contributed by atoms with Gasteiger partial charge in [0.05, 0.1) is 52.9 Å². The van der Waals surface area contributed by atoms with Crippen LogP contribution in [0.1, 0.15) is 67.8 Å². The zero-order chi connectivity index (χ0) is 36.7. The average molecular weight is 684 g/mol. The fourth-order valence-corrected chi connectivity index (χ4v) is 6.47. The van der Waals surface area contributed by atoms with Crippen LogP contribution in [-0.4, -0.2) is 85.9 Å². The molecule has 13 nitrogen and oxygen atoms in total. The van der Waals surface area contributed by atoms with E-state index in [9.17, 15) is 45.0 Å². The van der Waals surface area contributed by atoms with Gasteiger partial charge in [0.25, 0.3) is 11.7 Å². The number of aldehydes is 1. The molecule has 0 spiro atoms. The van der Waals surface area contributed by atoms with Crippen molar-refractivity contribution in [1.29, 1.82) is 0 Å². The topological polar surface area (TPSA) is 212 Å². The molecule has 1 amide bonds. The Morgan fingerprint density at radius 3 is 2.10 bits per heavy atom. The van der Waals surface area contributed by atoms with Crippen LogP contribution in [0.2, 0.25) is 0 Å². The van der Waals surface area contributed by atoms with Gasteiger partial charge in [-0.15, -0.1) is 0 Å². The second kappa shape index (κ2) is 14.2. The van der Waals surface area contributed by atoms with Crippen molar-refractivity contribution in [2.75, 3.05) is 12.4 Å². The van der Waals surface area contributed by atoms with Gasteiger partial charge in [-0.25, -0.2) is 0 Å². The van der Waals surface area contributed by atoms with Crippen LogP contribution >= 0.6 is 0 Å². The maximum atomic E-state index is 13.9. The van der Waals surface area contributed by atoms with Crippen molar-refractivity contribution in [3.05, 3.63) is 52.8 Å². The van der Waals surface area contributed by atoms with Gasteiger partial charge in [0.15, 0.2) is 12.0 Å². The van der Waals surface area contributed by atoms with Gasteiger partial charge in [-0.2, -0.15) is 0 Å². The van der Waals surface area contributed by atoms with Gasteiger partial charge < -0.3 is 50.2 Å².